The van der Waals surface area contributed by atoms with Gasteiger partial charge in [-0.2, -0.15) is 0 Å². The Hall–Kier alpha value is -3.61. The zero-order valence-electron chi connectivity index (χ0n) is 15.0. The lowest BCUT2D eigenvalue weighted by molar-refractivity contribution is -0.132. The minimum Gasteiger partial charge on any atom is -0.493 e. The van der Waals surface area contributed by atoms with Crippen molar-refractivity contribution < 1.29 is 28.5 Å². The van der Waals surface area contributed by atoms with Gasteiger partial charge >= 0.3 is 11.9 Å². The minimum absolute atomic E-state index is 0.139. The van der Waals surface area contributed by atoms with Crippen molar-refractivity contribution in [3.8, 4) is 17.2 Å². The van der Waals surface area contributed by atoms with Gasteiger partial charge in [-0.05, 0) is 42.0 Å². The molecule has 0 unspecified atom stereocenters. The summed E-state index contributed by atoms with van der Waals surface area (Å²) >= 11 is 0. The third kappa shape index (κ3) is 4.14. The lowest BCUT2D eigenvalue weighted by atomic mass is 10.2. The fourth-order valence-electron chi connectivity index (χ4n) is 2.49. The first-order valence-electron chi connectivity index (χ1n) is 8.03. The van der Waals surface area contributed by atoms with Crippen molar-refractivity contribution in [3.63, 3.8) is 0 Å². The van der Waals surface area contributed by atoms with Crippen molar-refractivity contribution in [2.24, 2.45) is 4.99 Å². The number of carbonyl (C=O) groups excluding carboxylic acids is 2. The van der Waals surface area contributed by atoms with Crippen LogP contribution in [0.15, 0.2) is 53.2 Å². The highest BCUT2D eigenvalue weighted by molar-refractivity contribution is 6.13. The summed E-state index contributed by atoms with van der Waals surface area (Å²) in [6, 6.07) is 11.9. The number of hydrogen-bond donors (Lipinski definition) is 0. The van der Waals surface area contributed by atoms with Crippen LogP contribution in [0.3, 0.4) is 0 Å². The molecule has 138 valence electrons. The Bertz CT molecular complexity index is 961. The number of cyclic esters (lactones) is 1. The monoisotopic (exact) mass is 367 g/mol. The van der Waals surface area contributed by atoms with E-state index in [-0.39, 0.29) is 11.6 Å². The van der Waals surface area contributed by atoms with Gasteiger partial charge in [-0.25, -0.2) is 9.79 Å². The number of hydrogen-bond acceptors (Lipinski definition) is 7. The molecule has 7 heteroatoms. The normalized spacial score (nSPS) is 14.6. The van der Waals surface area contributed by atoms with Gasteiger partial charge in [-0.1, -0.05) is 12.1 Å². The predicted octanol–water partition coefficient (Wildman–Crippen LogP) is 2.97. The minimum atomic E-state index is -0.572. The number of methoxy groups -OCH3 is 2. The molecule has 0 radical (unpaired) electrons. The van der Waals surface area contributed by atoms with E-state index in [0.29, 0.717) is 28.4 Å². The van der Waals surface area contributed by atoms with Crippen LogP contribution in [0.25, 0.3) is 6.08 Å². The van der Waals surface area contributed by atoms with Gasteiger partial charge in [0.15, 0.2) is 17.2 Å². The molecule has 7 nitrogen and oxygen atoms in total. The van der Waals surface area contributed by atoms with E-state index >= 15 is 0 Å². The molecule has 27 heavy (non-hydrogen) atoms. The summed E-state index contributed by atoms with van der Waals surface area (Å²) < 4.78 is 20.7. The molecule has 0 aliphatic carbocycles. The Kier molecular flexibility index (Phi) is 5.21. The van der Waals surface area contributed by atoms with Crippen molar-refractivity contribution in [2.45, 2.75) is 6.92 Å². The van der Waals surface area contributed by atoms with Gasteiger partial charge in [0.2, 0.25) is 5.90 Å². The van der Waals surface area contributed by atoms with Gasteiger partial charge in [-0.3, -0.25) is 4.79 Å². The van der Waals surface area contributed by atoms with Gasteiger partial charge in [0, 0.05) is 12.5 Å². The van der Waals surface area contributed by atoms with Crippen LogP contribution >= 0.6 is 0 Å². The SMILES string of the molecule is COc1ccc(C2=N/C(=C/c3cccc(OC(C)=O)c3)C(=O)O2)cc1OC. The van der Waals surface area contributed by atoms with Crippen molar-refractivity contribution in [1.29, 1.82) is 0 Å². The number of rotatable bonds is 5. The van der Waals surface area contributed by atoms with Crippen LogP contribution in [0, 0.1) is 0 Å². The van der Waals surface area contributed by atoms with Crippen LogP contribution in [0.4, 0.5) is 0 Å². The van der Waals surface area contributed by atoms with Gasteiger partial charge in [-0.15, -0.1) is 0 Å². The molecule has 0 N–H and O–H groups in total. The van der Waals surface area contributed by atoms with E-state index in [2.05, 4.69) is 4.99 Å². The molecule has 0 saturated carbocycles. The maximum atomic E-state index is 12.2. The number of nitrogens with zero attached hydrogens (tertiary/aromatic N) is 1. The zero-order chi connectivity index (χ0) is 19.4. The fourth-order valence-corrected chi connectivity index (χ4v) is 2.49. The largest absolute Gasteiger partial charge is 0.493 e. The second-order valence-electron chi connectivity index (χ2n) is 5.57. The van der Waals surface area contributed by atoms with Gasteiger partial charge in [0.25, 0.3) is 0 Å². The number of esters is 2. The van der Waals surface area contributed by atoms with Crippen molar-refractivity contribution in [3.05, 3.63) is 59.3 Å². The summed E-state index contributed by atoms with van der Waals surface area (Å²) in [4.78, 5) is 27.5. The highest BCUT2D eigenvalue weighted by atomic mass is 16.6. The maximum Gasteiger partial charge on any atom is 0.363 e. The maximum absolute atomic E-state index is 12.2. The van der Waals surface area contributed by atoms with E-state index in [0.717, 1.165) is 0 Å². The fraction of sp³-hybridized carbons (Fsp3) is 0.150. The van der Waals surface area contributed by atoms with E-state index in [1.54, 1.807) is 48.5 Å². The molecule has 1 aliphatic heterocycles. The quantitative estimate of drug-likeness (QED) is 0.459. The third-order valence-electron chi connectivity index (χ3n) is 3.67. The van der Waals surface area contributed by atoms with Crippen LogP contribution in [0.1, 0.15) is 18.1 Å². The summed E-state index contributed by atoms with van der Waals surface area (Å²) in [5.74, 6) is 0.617. The standard InChI is InChI=1S/C20H17NO6/c1-12(22)26-15-6-4-5-13(9-15)10-16-20(23)27-19(21-16)14-7-8-17(24-2)18(11-14)25-3/h4-11H,1-3H3/b16-10+. The predicted molar refractivity (Wildman–Crippen MR) is 97.9 cm³/mol. The second kappa shape index (κ2) is 7.74. The first-order valence-corrected chi connectivity index (χ1v) is 8.03. The summed E-state index contributed by atoms with van der Waals surface area (Å²) in [7, 11) is 3.06. The lowest BCUT2D eigenvalue weighted by Crippen LogP contribution is -2.06. The van der Waals surface area contributed by atoms with Crippen LogP contribution in [0.2, 0.25) is 0 Å². The molecule has 1 heterocycles. The number of benzene rings is 2. The molecule has 0 fully saturated rings. The highest BCUT2D eigenvalue weighted by Gasteiger charge is 2.25. The molecular formula is C20H17NO6. The van der Waals surface area contributed by atoms with Crippen molar-refractivity contribution in [1.82, 2.24) is 0 Å². The smallest absolute Gasteiger partial charge is 0.363 e. The summed E-state index contributed by atoms with van der Waals surface area (Å²) in [6.07, 6.45) is 1.56. The molecular weight excluding hydrogens is 350 g/mol. The van der Waals surface area contributed by atoms with Crippen LogP contribution < -0.4 is 14.2 Å². The Morgan fingerprint density at radius 1 is 1.07 bits per heavy atom. The van der Waals surface area contributed by atoms with E-state index in [4.69, 9.17) is 18.9 Å². The van der Waals surface area contributed by atoms with Crippen LogP contribution in [0.5, 0.6) is 17.2 Å². The van der Waals surface area contributed by atoms with Crippen molar-refractivity contribution >= 4 is 23.9 Å². The molecule has 1 aliphatic rings. The lowest BCUT2D eigenvalue weighted by Gasteiger charge is -2.08. The average Bonchev–Trinajstić information content (AvgIpc) is 3.01. The third-order valence-corrected chi connectivity index (χ3v) is 3.67. The number of aliphatic imine (C=N–C) groups is 1. The first kappa shape index (κ1) is 18.2. The number of ether oxygens (including phenoxy) is 4. The molecule has 2 aromatic carbocycles. The topological polar surface area (TPSA) is 83.4 Å². The summed E-state index contributed by atoms with van der Waals surface area (Å²) in [6.45, 7) is 1.32. The van der Waals surface area contributed by atoms with E-state index < -0.39 is 11.9 Å². The van der Waals surface area contributed by atoms with Crippen LogP contribution in [-0.4, -0.2) is 32.1 Å². The molecule has 0 amide bonds. The van der Waals surface area contributed by atoms with Gasteiger partial charge in [0.05, 0.1) is 14.2 Å². The molecule has 0 atom stereocenters. The van der Waals surface area contributed by atoms with E-state index in [1.165, 1.54) is 21.1 Å². The zero-order valence-corrected chi connectivity index (χ0v) is 15.0. The van der Waals surface area contributed by atoms with Gasteiger partial charge < -0.3 is 18.9 Å². The molecule has 0 spiro atoms. The molecule has 0 aromatic heterocycles. The Morgan fingerprint density at radius 2 is 1.85 bits per heavy atom. The average molecular weight is 367 g/mol. The summed E-state index contributed by atoms with van der Waals surface area (Å²) in [5, 5.41) is 0. The van der Waals surface area contributed by atoms with Gasteiger partial charge in [0.1, 0.15) is 5.75 Å². The molecule has 2 aromatic rings. The Labute approximate surface area is 155 Å². The molecule has 0 bridgehead atoms. The Balaban J connectivity index is 1.90. The van der Waals surface area contributed by atoms with E-state index in [1.807, 2.05) is 0 Å². The van der Waals surface area contributed by atoms with Crippen LogP contribution in [-0.2, 0) is 14.3 Å². The van der Waals surface area contributed by atoms with E-state index in [9.17, 15) is 9.59 Å². The number of carbonyl (C=O) groups is 2. The second-order valence-corrected chi connectivity index (χ2v) is 5.57. The Morgan fingerprint density at radius 3 is 2.56 bits per heavy atom. The molecule has 0 saturated heterocycles. The summed E-state index contributed by atoms with van der Waals surface area (Å²) in [5.41, 5.74) is 1.37. The van der Waals surface area contributed by atoms with Crippen molar-refractivity contribution in [2.75, 3.05) is 14.2 Å². The highest BCUT2D eigenvalue weighted by Crippen LogP contribution is 2.29. The first-order chi connectivity index (χ1) is 13.0. The molecule has 3 rings (SSSR count).